The minimum absolute atomic E-state index is 0.0868. The zero-order chi connectivity index (χ0) is 15.8. The molecule has 0 heterocycles. The maximum absolute atomic E-state index is 12.0. The van der Waals surface area contributed by atoms with E-state index in [4.69, 9.17) is 0 Å². The van der Waals surface area contributed by atoms with Crippen molar-refractivity contribution in [1.29, 1.82) is 0 Å². The highest BCUT2D eigenvalue weighted by molar-refractivity contribution is 9.10. The van der Waals surface area contributed by atoms with Gasteiger partial charge < -0.3 is 10.6 Å². The lowest BCUT2D eigenvalue weighted by molar-refractivity contribution is -0.121. The molecule has 0 atom stereocenters. The lowest BCUT2D eigenvalue weighted by Gasteiger charge is -2.08. The molecule has 4 nitrogen and oxygen atoms in total. The van der Waals surface area contributed by atoms with Crippen molar-refractivity contribution in [1.82, 2.24) is 10.6 Å². The summed E-state index contributed by atoms with van der Waals surface area (Å²) in [6, 6.07) is 16.9. The smallest absolute Gasteiger partial charge is 0.252 e. The van der Waals surface area contributed by atoms with E-state index in [1.807, 2.05) is 42.5 Å². The van der Waals surface area contributed by atoms with Gasteiger partial charge in [0.05, 0.1) is 5.56 Å². The number of carbonyl (C=O) groups is 2. The lowest BCUT2D eigenvalue weighted by atomic mass is 10.2. The topological polar surface area (TPSA) is 58.2 Å². The summed E-state index contributed by atoms with van der Waals surface area (Å²) >= 11 is 3.33. The van der Waals surface area contributed by atoms with Gasteiger partial charge in [-0.2, -0.15) is 0 Å². The first-order valence-electron chi connectivity index (χ1n) is 7.00. The molecule has 0 unspecified atom stereocenters. The first-order valence-corrected chi connectivity index (χ1v) is 7.79. The molecule has 0 aliphatic rings. The molecule has 0 aromatic heterocycles. The molecule has 0 aliphatic carbocycles. The summed E-state index contributed by atoms with van der Waals surface area (Å²) in [6.45, 7) is 0.804. The van der Waals surface area contributed by atoms with Crippen molar-refractivity contribution in [3.8, 4) is 0 Å². The highest BCUT2D eigenvalue weighted by Crippen LogP contribution is 2.15. The normalized spacial score (nSPS) is 10.0. The van der Waals surface area contributed by atoms with E-state index in [-0.39, 0.29) is 18.2 Å². The molecule has 2 aromatic carbocycles. The Hall–Kier alpha value is -2.14. The molecule has 114 valence electrons. The summed E-state index contributed by atoms with van der Waals surface area (Å²) in [4.78, 5) is 23.7. The first kappa shape index (κ1) is 16.2. The van der Waals surface area contributed by atoms with Crippen LogP contribution in [0.15, 0.2) is 59.1 Å². The van der Waals surface area contributed by atoms with Gasteiger partial charge in [0.1, 0.15) is 0 Å². The Bertz CT molecular complexity index is 644. The minimum atomic E-state index is -0.191. The molecule has 2 N–H and O–H groups in total. The molecular weight excluding hydrogens is 344 g/mol. The maximum atomic E-state index is 12.0. The van der Waals surface area contributed by atoms with E-state index in [0.717, 1.165) is 10.0 Å². The van der Waals surface area contributed by atoms with Gasteiger partial charge >= 0.3 is 0 Å². The summed E-state index contributed by atoms with van der Waals surface area (Å²) in [6.07, 6.45) is 0.253. The molecule has 22 heavy (non-hydrogen) atoms. The number of hydrogen-bond acceptors (Lipinski definition) is 2. The Morgan fingerprint density at radius 3 is 2.32 bits per heavy atom. The molecule has 0 saturated heterocycles. The quantitative estimate of drug-likeness (QED) is 0.831. The summed E-state index contributed by atoms with van der Waals surface area (Å²) in [5.41, 5.74) is 1.61. The van der Waals surface area contributed by atoms with Gasteiger partial charge in [0, 0.05) is 24.0 Å². The summed E-state index contributed by atoms with van der Waals surface area (Å²) in [7, 11) is 0. The standard InChI is InChI=1S/C17H17BrN2O2/c18-15-9-5-4-8-14(15)17(22)19-11-10-16(21)20-12-13-6-2-1-3-7-13/h1-9H,10-12H2,(H,19,22)(H,20,21). The second kappa shape index (κ2) is 8.34. The van der Waals surface area contributed by atoms with Crippen molar-refractivity contribution < 1.29 is 9.59 Å². The largest absolute Gasteiger partial charge is 0.352 e. The van der Waals surface area contributed by atoms with E-state index in [2.05, 4.69) is 26.6 Å². The highest BCUT2D eigenvalue weighted by atomic mass is 79.9. The number of halogens is 1. The van der Waals surface area contributed by atoms with Crippen LogP contribution in [0.4, 0.5) is 0 Å². The second-order valence-electron chi connectivity index (χ2n) is 4.75. The van der Waals surface area contributed by atoms with Crippen LogP contribution in [0.2, 0.25) is 0 Å². The Morgan fingerprint density at radius 2 is 1.59 bits per heavy atom. The molecule has 0 aliphatic heterocycles. The van der Waals surface area contributed by atoms with Crippen molar-refractivity contribution in [3.63, 3.8) is 0 Å². The Balaban J connectivity index is 1.71. The van der Waals surface area contributed by atoms with Crippen molar-refractivity contribution in [2.45, 2.75) is 13.0 Å². The molecule has 2 rings (SSSR count). The van der Waals surface area contributed by atoms with Crippen LogP contribution < -0.4 is 10.6 Å². The number of nitrogens with one attached hydrogen (secondary N) is 2. The van der Waals surface area contributed by atoms with Crippen molar-refractivity contribution in [2.24, 2.45) is 0 Å². The molecule has 5 heteroatoms. The lowest BCUT2D eigenvalue weighted by Crippen LogP contribution is -2.30. The second-order valence-corrected chi connectivity index (χ2v) is 5.60. The minimum Gasteiger partial charge on any atom is -0.352 e. The molecule has 0 fully saturated rings. The van der Waals surface area contributed by atoms with Crippen molar-refractivity contribution in [3.05, 3.63) is 70.2 Å². The van der Waals surface area contributed by atoms with Crippen LogP contribution in [0.25, 0.3) is 0 Å². The zero-order valence-corrected chi connectivity index (χ0v) is 13.6. The third-order valence-corrected chi connectivity index (χ3v) is 3.78. The van der Waals surface area contributed by atoms with Crippen LogP contribution in [0.1, 0.15) is 22.3 Å². The molecule has 0 bridgehead atoms. The number of amides is 2. The fraction of sp³-hybridized carbons (Fsp3) is 0.176. The van der Waals surface area contributed by atoms with E-state index >= 15 is 0 Å². The predicted octanol–water partition coefficient (Wildman–Crippen LogP) is 2.89. The Labute approximate surface area is 138 Å². The van der Waals surface area contributed by atoms with Crippen LogP contribution in [-0.2, 0) is 11.3 Å². The molecule has 0 saturated carbocycles. The SMILES string of the molecule is O=C(CCNC(=O)c1ccccc1Br)NCc1ccccc1. The molecular formula is C17H17BrN2O2. The molecule has 0 radical (unpaired) electrons. The monoisotopic (exact) mass is 360 g/mol. The van der Waals surface area contributed by atoms with Gasteiger partial charge in [-0.25, -0.2) is 0 Å². The average molecular weight is 361 g/mol. The summed E-state index contributed by atoms with van der Waals surface area (Å²) in [5.74, 6) is -0.278. The van der Waals surface area contributed by atoms with Gasteiger partial charge in [-0.1, -0.05) is 42.5 Å². The van der Waals surface area contributed by atoms with Gasteiger partial charge in [-0.3, -0.25) is 9.59 Å². The number of hydrogen-bond donors (Lipinski definition) is 2. The van der Waals surface area contributed by atoms with Crippen LogP contribution in [0.3, 0.4) is 0 Å². The molecule has 2 aromatic rings. The highest BCUT2D eigenvalue weighted by Gasteiger charge is 2.09. The van der Waals surface area contributed by atoms with E-state index < -0.39 is 0 Å². The van der Waals surface area contributed by atoms with Crippen LogP contribution in [0.5, 0.6) is 0 Å². The van der Waals surface area contributed by atoms with Crippen molar-refractivity contribution >= 4 is 27.7 Å². The molecule has 2 amide bonds. The number of benzene rings is 2. The first-order chi connectivity index (χ1) is 10.7. The molecule has 0 spiro atoms. The third-order valence-electron chi connectivity index (χ3n) is 3.09. The summed E-state index contributed by atoms with van der Waals surface area (Å²) < 4.78 is 0.737. The van der Waals surface area contributed by atoms with Crippen LogP contribution in [0, 0.1) is 0 Å². The van der Waals surface area contributed by atoms with Crippen LogP contribution in [-0.4, -0.2) is 18.4 Å². The van der Waals surface area contributed by atoms with E-state index in [1.165, 1.54) is 0 Å². The van der Waals surface area contributed by atoms with Gasteiger partial charge in [0.15, 0.2) is 0 Å². The Morgan fingerprint density at radius 1 is 0.909 bits per heavy atom. The van der Waals surface area contributed by atoms with Crippen LogP contribution >= 0.6 is 15.9 Å². The number of carbonyl (C=O) groups excluding carboxylic acids is 2. The van der Waals surface area contributed by atoms with Gasteiger partial charge in [-0.15, -0.1) is 0 Å². The maximum Gasteiger partial charge on any atom is 0.252 e. The summed E-state index contributed by atoms with van der Waals surface area (Å²) in [5, 5.41) is 5.56. The van der Waals surface area contributed by atoms with E-state index in [0.29, 0.717) is 18.7 Å². The zero-order valence-electron chi connectivity index (χ0n) is 12.0. The third kappa shape index (κ3) is 5.00. The fourth-order valence-corrected chi connectivity index (χ4v) is 2.38. The van der Waals surface area contributed by atoms with Crippen molar-refractivity contribution in [2.75, 3.05) is 6.54 Å². The van der Waals surface area contributed by atoms with Gasteiger partial charge in [0.2, 0.25) is 5.91 Å². The van der Waals surface area contributed by atoms with Gasteiger partial charge in [0.25, 0.3) is 5.91 Å². The predicted molar refractivity (Wildman–Crippen MR) is 89.4 cm³/mol. The Kier molecular flexibility index (Phi) is 6.15. The van der Waals surface area contributed by atoms with E-state index in [1.54, 1.807) is 12.1 Å². The van der Waals surface area contributed by atoms with E-state index in [9.17, 15) is 9.59 Å². The average Bonchev–Trinajstić information content (AvgIpc) is 2.54. The van der Waals surface area contributed by atoms with Gasteiger partial charge in [-0.05, 0) is 33.6 Å². The fourth-order valence-electron chi connectivity index (χ4n) is 1.92. The number of rotatable bonds is 6.